The molecule has 55 heavy (non-hydrogen) atoms. The summed E-state index contributed by atoms with van der Waals surface area (Å²) in [5.41, 5.74) is 0.187. The lowest BCUT2D eigenvalue weighted by Crippen LogP contribution is -2.55. The molecule has 8 heterocycles. The van der Waals surface area contributed by atoms with E-state index >= 15 is 4.39 Å². The molecular formula is C41H43ClF2N8O3. The number of carbonyl (C=O) groups is 1. The van der Waals surface area contributed by atoms with Crippen molar-refractivity contribution in [1.82, 2.24) is 29.7 Å². The maximum atomic E-state index is 17.0. The number of piperazine rings is 1. The normalized spacial score (nSPS) is 27.0. The minimum Gasteiger partial charge on any atom is -0.461 e. The van der Waals surface area contributed by atoms with Gasteiger partial charge in [0.2, 0.25) is 5.91 Å². The van der Waals surface area contributed by atoms with Gasteiger partial charge in [0.05, 0.1) is 42.2 Å². The second-order valence-corrected chi connectivity index (χ2v) is 16.0. The largest absolute Gasteiger partial charge is 0.461 e. The van der Waals surface area contributed by atoms with Crippen molar-refractivity contribution in [2.45, 2.75) is 68.4 Å². The number of nitriles is 1. The molecule has 2 aromatic carbocycles. The molecule has 6 saturated heterocycles. The average Bonchev–Trinajstić information content (AvgIpc) is 3.73. The number of halogens is 3. The number of pyridine rings is 1. The quantitative estimate of drug-likeness (QED) is 0.190. The minimum absolute atomic E-state index is 0.0203. The summed E-state index contributed by atoms with van der Waals surface area (Å²) in [5.74, 6) is -0.397. The molecule has 0 radical (unpaired) electrons. The van der Waals surface area contributed by atoms with Crippen LogP contribution >= 0.6 is 11.6 Å². The molecule has 14 heteroatoms. The van der Waals surface area contributed by atoms with E-state index in [0.717, 1.165) is 50.8 Å². The van der Waals surface area contributed by atoms with Gasteiger partial charge in [-0.1, -0.05) is 48.0 Å². The van der Waals surface area contributed by atoms with Gasteiger partial charge in [-0.25, -0.2) is 8.78 Å². The van der Waals surface area contributed by atoms with Crippen molar-refractivity contribution in [3.8, 4) is 23.3 Å². The summed E-state index contributed by atoms with van der Waals surface area (Å²) in [6.07, 6.45) is 8.85. The molecule has 6 aliphatic rings. The zero-order valence-electron chi connectivity index (χ0n) is 30.5. The fourth-order valence-electron chi connectivity index (χ4n) is 9.52. The third kappa shape index (κ3) is 6.77. The number of hydrogen-bond donors (Lipinski definition) is 0. The topological polar surface area (TPSA) is 111 Å². The zero-order valence-corrected chi connectivity index (χ0v) is 31.3. The molecule has 2 unspecified atom stereocenters. The Bertz CT molecular complexity index is 2190. The van der Waals surface area contributed by atoms with E-state index in [4.69, 9.17) is 26.1 Å². The standard InChI is InChI=1S/C41H43ClF2N8O3/c42-33-8-2-6-26-5-1-7-31(35(26)33)37-36(44)38-32(20-46-37)39(48-40(47-38)55-25-41-13-4-16-51(41)21-27(43)19-41)50-17-18-52(28(22-50)12-14-45)34(53)9-3-15-49-23-30-11-10-29(49)24-54-30/h1-3,5-9,20,27-30H,4,10-13,15-19,21-25H2/b9-3+/t27-,28+,29?,30?,41+/m1/s1. The molecule has 286 valence electrons. The molecule has 2 aromatic heterocycles. The van der Waals surface area contributed by atoms with E-state index in [2.05, 4.69) is 25.8 Å². The molecule has 0 saturated carbocycles. The monoisotopic (exact) mass is 768 g/mol. The Kier molecular flexibility index (Phi) is 9.79. The number of aromatic nitrogens is 3. The van der Waals surface area contributed by atoms with Gasteiger partial charge in [-0.05, 0) is 43.7 Å². The van der Waals surface area contributed by atoms with Crippen molar-refractivity contribution in [2.24, 2.45) is 0 Å². The maximum Gasteiger partial charge on any atom is 0.319 e. The van der Waals surface area contributed by atoms with Gasteiger partial charge in [0.1, 0.15) is 29.8 Å². The molecule has 10 rings (SSSR count). The van der Waals surface area contributed by atoms with Crippen molar-refractivity contribution >= 4 is 45.0 Å². The van der Waals surface area contributed by atoms with Crippen LogP contribution in [0.3, 0.4) is 0 Å². The number of rotatable bonds is 9. The highest BCUT2D eigenvalue weighted by atomic mass is 35.5. The van der Waals surface area contributed by atoms with Gasteiger partial charge in [0.15, 0.2) is 5.82 Å². The Morgan fingerprint density at radius 3 is 2.80 bits per heavy atom. The van der Waals surface area contributed by atoms with Crippen molar-refractivity contribution < 1.29 is 23.0 Å². The molecule has 6 aliphatic heterocycles. The molecule has 0 N–H and O–H groups in total. The van der Waals surface area contributed by atoms with Crippen LogP contribution in [0.4, 0.5) is 14.6 Å². The first-order chi connectivity index (χ1) is 26.8. The van der Waals surface area contributed by atoms with Crippen LogP contribution in [-0.4, -0.2) is 124 Å². The van der Waals surface area contributed by atoms with E-state index in [9.17, 15) is 14.4 Å². The number of hydrogen-bond acceptors (Lipinski definition) is 10. The van der Waals surface area contributed by atoms with Crippen LogP contribution in [0.25, 0.3) is 32.9 Å². The smallest absolute Gasteiger partial charge is 0.319 e. The molecule has 1 amide bonds. The first kappa shape index (κ1) is 36.2. The van der Waals surface area contributed by atoms with E-state index in [-0.39, 0.29) is 48.8 Å². The number of fused-ring (bicyclic) bond motifs is 6. The SMILES string of the molecule is N#CC[C@H]1CN(c2nc(OC[C@@]34CCCN3C[C@H](F)C4)nc3c(F)c(-c4cccc5cccc(Cl)c45)ncc23)CCN1C(=O)/C=C/CN1CC2CCC1CO2. The Morgan fingerprint density at radius 2 is 2.00 bits per heavy atom. The fraction of sp³-hybridized carbons (Fsp3) is 0.488. The van der Waals surface area contributed by atoms with Crippen LogP contribution in [0.2, 0.25) is 5.02 Å². The van der Waals surface area contributed by atoms with Crippen LogP contribution in [-0.2, 0) is 9.53 Å². The molecule has 0 spiro atoms. The minimum atomic E-state index is -0.934. The lowest BCUT2D eigenvalue weighted by Gasteiger charge is -2.44. The zero-order chi connectivity index (χ0) is 37.7. The number of benzene rings is 2. The number of morpholine rings is 1. The predicted molar refractivity (Wildman–Crippen MR) is 205 cm³/mol. The molecule has 0 aliphatic carbocycles. The number of alkyl halides is 1. The van der Waals surface area contributed by atoms with Gasteiger partial charge in [-0.15, -0.1) is 0 Å². The fourth-order valence-corrected chi connectivity index (χ4v) is 9.80. The van der Waals surface area contributed by atoms with Crippen LogP contribution in [0.5, 0.6) is 6.01 Å². The Labute approximate surface area is 323 Å². The van der Waals surface area contributed by atoms with E-state index in [1.165, 1.54) is 0 Å². The number of ether oxygens (including phenoxy) is 2. The van der Waals surface area contributed by atoms with Gasteiger partial charge in [-0.3, -0.25) is 19.6 Å². The van der Waals surface area contributed by atoms with Crippen LogP contribution in [0.15, 0.2) is 54.7 Å². The third-order valence-electron chi connectivity index (χ3n) is 12.3. The van der Waals surface area contributed by atoms with Crippen LogP contribution in [0.1, 0.15) is 38.5 Å². The van der Waals surface area contributed by atoms with Gasteiger partial charge < -0.3 is 19.3 Å². The lowest BCUT2D eigenvalue weighted by molar-refractivity contribution is -0.128. The van der Waals surface area contributed by atoms with E-state index in [0.29, 0.717) is 65.8 Å². The van der Waals surface area contributed by atoms with Crippen LogP contribution < -0.4 is 9.64 Å². The predicted octanol–water partition coefficient (Wildman–Crippen LogP) is 5.94. The highest BCUT2D eigenvalue weighted by Crippen LogP contribution is 2.41. The highest BCUT2D eigenvalue weighted by Gasteiger charge is 2.49. The van der Waals surface area contributed by atoms with Gasteiger partial charge >= 0.3 is 6.01 Å². The van der Waals surface area contributed by atoms with Crippen molar-refractivity contribution in [3.05, 3.63) is 65.6 Å². The highest BCUT2D eigenvalue weighted by molar-refractivity contribution is 6.36. The van der Waals surface area contributed by atoms with Crippen LogP contribution in [0, 0.1) is 17.1 Å². The van der Waals surface area contributed by atoms with Gasteiger partial charge in [-0.2, -0.15) is 15.2 Å². The summed E-state index contributed by atoms with van der Waals surface area (Å²) in [7, 11) is 0. The number of carbonyl (C=O) groups excluding carboxylic acids is 1. The Balaban J connectivity index is 1.03. The second-order valence-electron chi connectivity index (χ2n) is 15.6. The molecule has 6 fully saturated rings. The lowest BCUT2D eigenvalue weighted by atomic mass is 9.95. The molecule has 5 atom stereocenters. The van der Waals surface area contributed by atoms with E-state index in [1.54, 1.807) is 29.3 Å². The average molecular weight is 769 g/mol. The van der Waals surface area contributed by atoms with Crippen molar-refractivity contribution in [1.29, 1.82) is 5.26 Å². The molecule has 11 nitrogen and oxygen atoms in total. The Morgan fingerprint density at radius 1 is 1.13 bits per heavy atom. The first-order valence-electron chi connectivity index (χ1n) is 19.3. The molecule has 2 bridgehead atoms. The number of amides is 1. The van der Waals surface area contributed by atoms with E-state index < -0.39 is 23.6 Å². The van der Waals surface area contributed by atoms with Crippen molar-refractivity contribution in [2.75, 3.05) is 63.9 Å². The summed E-state index contributed by atoms with van der Waals surface area (Å²) in [6, 6.07) is 13.2. The summed E-state index contributed by atoms with van der Waals surface area (Å²) >= 11 is 6.65. The Hall–Kier alpha value is -4.48. The number of nitrogens with zero attached hydrogens (tertiary/aromatic N) is 8. The van der Waals surface area contributed by atoms with Crippen molar-refractivity contribution in [3.63, 3.8) is 0 Å². The number of anilines is 1. The summed E-state index contributed by atoms with van der Waals surface area (Å²) in [5, 5.41) is 12.2. The molecule has 4 aromatic rings. The summed E-state index contributed by atoms with van der Waals surface area (Å²) in [6.45, 7) is 4.63. The second kappa shape index (κ2) is 14.9. The number of piperidine rings is 1. The summed E-state index contributed by atoms with van der Waals surface area (Å²) < 4.78 is 43.8. The van der Waals surface area contributed by atoms with E-state index in [1.807, 2.05) is 35.2 Å². The maximum absolute atomic E-state index is 17.0. The van der Waals surface area contributed by atoms with Gasteiger partial charge in [0, 0.05) is 80.0 Å². The first-order valence-corrected chi connectivity index (χ1v) is 19.7. The third-order valence-corrected chi connectivity index (χ3v) is 12.6. The molecular weight excluding hydrogens is 726 g/mol. The summed E-state index contributed by atoms with van der Waals surface area (Å²) in [4.78, 5) is 35.9. The van der Waals surface area contributed by atoms with Gasteiger partial charge in [0.25, 0.3) is 0 Å².